The van der Waals surface area contributed by atoms with Crippen molar-refractivity contribution < 1.29 is 14.6 Å². The fraction of sp³-hybridized carbons (Fsp3) is 0.531. The number of nitrogens with two attached hydrogens (primary N) is 1. The molecule has 4 fully saturated rings. The van der Waals surface area contributed by atoms with Gasteiger partial charge in [-0.1, -0.05) is 0 Å². The zero-order chi connectivity index (χ0) is 28.2. The maximum atomic E-state index is 13.7. The fourth-order valence-electron chi connectivity index (χ4n) is 7.78. The van der Waals surface area contributed by atoms with Crippen molar-refractivity contribution in [2.45, 2.75) is 75.6 Å². The summed E-state index contributed by atoms with van der Waals surface area (Å²) in [5, 5.41) is 11.4. The number of piperidine rings is 1. The van der Waals surface area contributed by atoms with Crippen molar-refractivity contribution in [1.29, 1.82) is 0 Å². The van der Waals surface area contributed by atoms with Crippen LogP contribution in [0.2, 0.25) is 0 Å². The number of benzene rings is 1. The van der Waals surface area contributed by atoms with Crippen molar-refractivity contribution in [3.05, 3.63) is 41.6 Å². The Balaban J connectivity index is 1.22. The predicted molar refractivity (Wildman–Crippen MR) is 157 cm³/mol. The molecule has 9 heteroatoms. The maximum absolute atomic E-state index is 13.7. The highest BCUT2D eigenvalue weighted by Gasteiger charge is 2.47. The number of hydrogen-bond donors (Lipinski definition) is 2. The molecule has 3 aliphatic carbocycles. The van der Waals surface area contributed by atoms with Crippen molar-refractivity contribution in [1.82, 2.24) is 24.0 Å². The first-order chi connectivity index (χ1) is 19.7. The van der Waals surface area contributed by atoms with Crippen LogP contribution >= 0.6 is 0 Å². The van der Waals surface area contributed by atoms with Crippen LogP contribution in [0.15, 0.2) is 30.3 Å². The highest BCUT2D eigenvalue weighted by molar-refractivity contribution is 6.00. The first-order valence-electron chi connectivity index (χ1n) is 15.0. The summed E-state index contributed by atoms with van der Waals surface area (Å²) in [6.45, 7) is 3.53. The molecule has 2 bridgehead atoms. The van der Waals surface area contributed by atoms with Crippen LogP contribution in [0.4, 0.5) is 0 Å². The van der Waals surface area contributed by atoms with Gasteiger partial charge in [-0.15, -0.1) is 0 Å². The lowest BCUT2D eigenvalue weighted by Crippen LogP contribution is -2.41. The van der Waals surface area contributed by atoms with E-state index >= 15 is 0 Å². The van der Waals surface area contributed by atoms with E-state index in [1.54, 1.807) is 7.11 Å². The maximum Gasteiger partial charge on any atom is 0.254 e. The Labute approximate surface area is 239 Å². The number of carbonyl (C=O) groups is 1. The molecule has 3 aromatic heterocycles. The van der Waals surface area contributed by atoms with Gasteiger partial charge in [0, 0.05) is 54.8 Å². The molecule has 0 spiro atoms. The molecule has 4 heterocycles. The number of likely N-dealkylation sites (tertiary alicyclic amines) is 1. The molecule has 8 rings (SSSR count). The van der Waals surface area contributed by atoms with E-state index in [4.69, 9.17) is 20.4 Å². The number of rotatable bonds is 6. The molecule has 214 valence electrons. The molecule has 1 aromatic carbocycles. The van der Waals surface area contributed by atoms with E-state index in [0.717, 1.165) is 78.1 Å². The molecular formula is C32H38N6O3. The van der Waals surface area contributed by atoms with Crippen LogP contribution < -0.4 is 10.5 Å². The van der Waals surface area contributed by atoms with E-state index < -0.39 is 5.60 Å². The summed E-state index contributed by atoms with van der Waals surface area (Å²) in [4.78, 5) is 25.9. The number of aliphatic hydroxyl groups is 1. The molecule has 2 unspecified atom stereocenters. The summed E-state index contributed by atoms with van der Waals surface area (Å²) in [6, 6.07) is 10.4. The summed E-state index contributed by atoms with van der Waals surface area (Å²) in [6.07, 6.45) is 6.04. The number of carbonyl (C=O) groups excluding carboxylic acids is 1. The van der Waals surface area contributed by atoms with Crippen molar-refractivity contribution in [2.24, 2.45) is 24.6 Å². The number of methoxy groups -OCH3 is 1. The second-order valence-corrected chi connectivity index (χ2v) is 13.3. The highest BCUT2D eigenvalue weighted by Crippen LogP contribution is 2.45. The zero-order valence-corrected chi connectivity index (χ0v) is 24.0. The van der Waals surface area contributed by atoms with Crippen LogP contribution in [0.25, 0.3) is 33.6 Å². The number of aromatic nitrogens is 4. The summed E-state index contributed by atoms with van der Waals surface area (Å²) in [5.74, 6) is 2.82. The molecule has 3 N–H and O–H groups in total. The molecule has 1 saturated heterocycles. The van der Waals surface area contributed by atoms with Gasteiger partial charge in [-0.05, 0) is 87.6 Å². The number of imidazole rings is 1. The van der Waals surface area contributed by atoms with E-state index in [-0.39, 0.29) is 18.0 Å². The summed E-state index contributed by atoms with van der Waals surface area (Å²) < 4.78 is 10.2. The molecule has 1 amide bonds. The molecule has 1 aliphatic heterocycles. The van der Waals surface area contributed by atoms with Gasteiger partial charge in [-0.25, -0.2) is 9.97 Å². The van der Waals surface area contributed by atoms with Crippen molar-refractivity contribution in [3.63, 3.8) is 0 Å². The van der Waals surface area contributed by atoms with Gasteiger partial charge in [0.25, 0.3) is 5.91 Å². The Morgan fingerprint density at radius 1 is 1.15 bits per heavy atom. The molecule has 9 nitrogen and oxygen atoms in total. The third-order valence-corrected chi connectivity index (χ3v) is 10.2. The topological polar surface area (TPSA) is 111 Å². The van der Waals surface area contributed by atoms with Crippen LogP contribution in [0, 0.1) is 11.8 Å². The molecule has 3 atom stereocenters. The monoisotopic (exact) mass is 554 g/mol. The molecule has 41 heavy (non-hydrogen) atoms. The minimum atomic E-state index is -0.588. The molecule has 4 aromatic rings. The Hall–Kier alpha value is -3.43. The normalized spacial score (nSPS) is 29.0. The Kier molecular flexibility index (Phi) is 5.42. The molecule has 0 radical (unpaired) electrons. The van der Waals surface area contributed by atoms with Gasteiger partial charge in [0.2, 0.25) is 0 Å². The lowest BCUT2D eigenvalue weighted by atomic mass is 9.70. The Morgan fingerprint density at radius 2 is 1.95 bits per heavy atom. The number of aryl methyl sites for hydroxylation is 1. The first-order valence-corrected chi connectivity index (χ1v) is 15.0. The summed E-state index contributed by atoms with van der Waals surface area (Å²) in [5.41, 5.74) is 11.1. The van der Waals surface area contributed by atoms with E-state index in [9.17, 15) is 9.90 Å². The lowest BCUT2D eigenvalue weighted by molar-refractivity contribution is -0.0322. The van der Waals surface area contributed by atoms with E-state index in [1.165, 1.54) is 12.8 Å². The predicted octanol–water partition coefficient (Wildman–Crippen LogP) is 4.20. The van der Waals surface area contributed by atoms with Crippen LogP contribution in [0.1, 0.15) is 67.4 Å². The quantitative estimate of drug-likeness (QED) is 0.370. The average molecular weight is 555 g/mol. The minimum absolute atomic E-state index is 0.00889. The number of nitrogens with zero attached hydrogens (tertiary/aromatic N) is 5. The van der Waals surface area contributed by atoms with Crippen LogP contribution in [-0.2, 0) is 13.6 Å². The van der Waals surface area contributed by atoms with Gasteiger partial charge in [0.1, 0.15) is 16.9 Å². The van der Waals surface area contributed by atoms with Crippen molar-refractivity contribution >= 4 is 28.0 Å². The van der Waals surface area contributed by atoms with Crippen LogP contribution in [-0.4, -0.2) is 66.4 Å². The fourth-order valence-corrected chi connectivity index (χ4v) is 7.78. The first kappa shape index (κ1) is 25.3. The molecule has 3 saturated carbocycles. The average Bonchev–Trinajstić information content (AvgIpc) is 3.35. The zero-order valence-electron chi connectivity index (χ0n) is 24.0. The number of pyridine rings is 1. The minimum Gasteiger partial charge on any atom is -0.494 e. The molecular weight excluding hydrogens is 516 g/mol. The number of amides is 1. The smallest absolute Gasteiger partial charge is 0.254 e. The van der Waals surface area contributed by atoms with E-state index in [2.05, 4.69) is 27.3 Å². The van der Waals surface area contributed by atoms with Crippen molar-refractivity contribution in [3.8, 4) is 17.3 Å². The van der Waals surface area contributed by atoms with Gasteiger partial charge in [0.05, 0.1) is 23.9 Å². The van der Waals surface area contributed by atoms with Gasteiger partial charge >= 0.3 is 0 Å². The number of hydrogen-bond acceptors (Lipinski definition) is 6. The van der Waals surface area contributed by atoms with Crippen LogP contribution in [0.5, 0.6) is 5.75 Å². The van der Waals surface area contributed by atoms with Crippen LogP contribution in [0.3, 0.4) is 0 Å². The molecule has 4 aliphatic rings. The standard InChI is InChI=1S/C32H38N6O3/c1-32(40)13-21(14-32)22-8-6-18-11-25(37(29(18)34-22)15-17-4-5-17)30-35-23-10-20(12-26(41-3)28(23)36(30)2)31(39)38-16-19-7-9-24(38)27(19)33/h6,8,10-12,17,19,21,24,27,40H,4-5,7,9,13-16,33H2,1-3H3/t19?,21?,24?,27-,32?/m1/s1. The van der Waals surface area contributed by atoms with Crippen molar-refractivity contribution in [2.75, 3.05) is 13.7 Å². The van der Waals surface area contributed by atoms with E-state index in [1.807, 2.05) is 31.0 Å². The summed E-state index contributed by atoms with van der Waals surface area (Å²) >= 11 is 0. The Morgan fingerprint density at radius 3 is 2.61 bits per heavy atom. The lowest BCUT2D eigenvalue weighted by Gasteiger charge is -2.40. The third-order valence-electron chi connectivity index (χ3n) is 10.2. The van der Waals surface area contributed by atoms with Gasteiger partial charge in [-0.3, -0.25) is 4.79 Å². The second-order valence-electron chi connectivity index (χ2n) is 13.3. The van der Waals surface area contributed by atoms with E-state index in [0.29, 0.717) is 29.1 Å². The largest absolute Gasteiger partial charge is 0.494 e. The third kappa shape index (κ3) is 3.92. The van der Waals surface area contributed by atoms with Gasteiger partial charge in [0.15, 0.2) is 5.82 Å². The van der Waals surface area contributed by atoms with Gasteiger partial charge in [-0.2, -0.15) is 0 Å². The second kappa shape index (κ2) is 8.79. The number of fused-ring (bicyclic) bond motifs is 4. The Bertz CT molecular complexity index is 1710. The highest BCUT2D eigenvalue weighted by atomic mass is 16.5. The SMILES string of the molecule is COc1cc(C(=O)N2CC3CCC2[C@@H]3N)cc2nc(-c3cc4ccc(C5CC(C)(O)C5)nc4n3CC3CC3)n(C)c12. The number of ether oxygens (including phenoxy) is 1. The van der Waals surface area contributed by atoms with Gasteiger partial charge < -0.3 is 29.6 Å². The summed E-state index contributed by atoms with van der Waals surface area (Å²) in [7, 11) is 3.67.